The van der Waals surface area contributed by atoms with Crippen molar-refractivity contribution in [1.82, 2.24) is 10.2 Å². The van der Waals surface area contributed by atoms with Gasteiger partial charge in [0.05, 0.1) is 6.04 Å². The van der Waals surface area contributed by atoms with E-state index >= 15 is 0 Å². The minimum Gasteiger partial charge on any atom is -0.370 e. The number of aliphatic imine (C=N–C) groups is 1. The predicted octanol–water partition coefficient (Wildman–Crippen LogP) is 0.783. The highest BCUT2D eigenvalue weighted by atomic mass is 15.2. The van der Waals surface area contributed by atoms with Crippen LogP contribution in [0.5, 0.6) is 0 Å². The van der Waals surface area contributed by atoms with Gasteiger partial charge in [0.2, 0.25) is 0 Å². The van der Waals surface area contributed by atoms with Gasteiger partial charge in [-0.1, -0.05) is 12.8 Å². The second-order valence-electron chi connectivity index (χ2n) is 4.76. The predicted molar refractivity (Wildman–Crippen MR) is 65.0 cm³/mol. The molecule has 1 saturated carbocycles. The molecule has 1 unspecified atom stereocenters. The van der Waals surface area contributed by atoms with Crippen molar-refractivity contribution in [2.24, 2.45) is 10.7 Å². The van der Waals surface area contributed by atoms with E-state index in [1.807, 2.05) is 0 Å². The summed E-state index contributed by atoms with van der Waals surface area (Å²) >= 11 is 0. The van der Waals surface area contributed by atoms with Gasteiger partial charge in [0.25, 0.3) is 0 Å². The van der Waals surface area contributed by atoms with Crippen LogP contribution in [0.2, 0.25) is 0 Å². The van der Waals surface area contributed by atoms with Crippen LogP contribution in [0, 0.1) is 0 Å². The van der Waals surface area contributed by atoms with Gasteiger partial charge in [0, 0.05) is 12.6 Å². The van der Waals surface area contributed by atoms with Gasteiger partial charge in [-0.3, -0.25) is 4.99 Å². The van der Waals surface area contributed by atoms with E-state index in [0.717, 1.165) is 6.54 Å². The number of nitrogens with zero attached hydrogens (tertiary/aromatic N) is 2. The zero-order chi connectivity index (χ0) is 11.3. The smallest absolute Gasteiger partial charge is 0.189 e. The van der Waals surface area contributed by atoms with Crippen LogP contribution >= 0.6 is 0 Å². The summed E-state index contributed by atoms with van der Waals surface area (Å²) in [6.45, 7) is 3.10. The van der Waals surface area contributed by atoms with Crippen molar-refractivity contribution >= 4 is 5.96 Å². The molecule has 0 bridgehead atoms. The molecule has 15 heavy (non-hydrogen) atoms. The second-order valence-corrected chi connectivity index (χ2v) is 4.76. The maximum absolute atomic E-state index is 5.85. The van der Waals surface area contributed by atoms with Crippen LogP contribution in [0.4, 0.5) is 0 Å². The molecular weight excluding hydrogens is 188 g/mol. The van der Waals surface area contributed by atoms with E-state index in [2.05, 4.69) is 36.2 Å². The first-order chi connectivity index (χ1) is 7.08. The minimum absolute atomic E-state index is 0.352. The largest absolute Gasteiger partial charge is 0.370 e. The van der Waals surface area contributed by atoms with Crippen molar-refractivity contribution in [3.63, 3.8) is 0 Å². The zero-order valence-electron chi connectivity index (χ0n) is 10.2. The van der Waals surface area contributed by atoms with Gasteiger partial charge < -0.3 is 16.0 Å². The van der Waals surface area contributed by atoms with E-state index in [9.17, 15) is 0 Å². The Balaban J connectivity index is 2.29. The number of guanidine groups is 1. The molecular formula is C11H24N4. The zero-order valence-corrected chi connectivity index (χ0v) is 10.2. The van der Waals surface area contributed by atoms with Crippen molar-refractivity contribution in [2.45, 2.75) is 44.7 Å². The first kappa shape index (κ1) is 12.3. The minimum atomic E-state index is 0.352. The van der Waals surface area contributed by atoms with Crippen LogP contribution in [-0.4, -0.2) is 43.6 Å². The van der Waals surface area contributed by atoms with E-state index in [1.165, 1.54) is 25.7 Å². The third-order valence-corrected chi connectivity index (χ3v) is 2.68. The molecule has 0 amide bonds. The van der Waals surface area contributed by atoms with Crippen molar-refractivity contribution in [2.75, 3.05) is 20.6 Å². The summed E-state index contributed by atoms with van der Waals surface area (Å²) in [5.41, 5.74) is 5.85. The summed E-state index contributed by atoms with van der Waals surface area (Å²) in [4.78, 5) is 6.63. The maximum atomic E-state index is 5.85. The summed E-state index contributed by atoms with van der Waals surface area (Å²) in [7, 11) is 4.12. The quantitative estimate of drug-likeness (QED) is 0.535. The van der Waals surface area contributed by atoms with Crippen molar-refractivity contribution < 1.29 is 0 Å². The molecule has 0 aliphatic heterocycles. The topological polar surface area (TPSA) is 53.6 Å². The molecule has 4 nitrogen and oxygen atoms in total. The SMILES string of the molecule is CC(CN(C)C)NC(N)=NC1CCCC1. The molecule has 0 radical (unpaired) electrons. The molecule has 0 heterocycles. The molecule has 0 saturated heterocycles. The van der Waals surface area contributed by atoms with E-state index in [1.54, 1.807) is 0 Å². The van der Waals surface area contributed by atoms with Gasteiger partial charge in [-0.2, -0.15) is 0 Å². The van der Waals surface area contributed by atoms with Crippen molar-refractivity contribution in [3.05, 3.63) is 0 Å². The lowest BCUT2D eigenvalue weighted by atomic mass is 10.3. The maximum Gasteiger partial charge on any atom is 0.189 e. The molecule has 88 valence electrons. The lowest BCUT2D eigenvalue weighted by molar-refractivity contribution is 0.369. The molecule has 1 atom stereocenters. The van der Waals surface area contributed by atoms with Gasteiger partial charge in [0.15, 0.2) is 5.96 Å². The number of hydrogen-bond acceptors (Lipinski definition) is 2. The van der Waals surface area contributed by atoms with Crippen LogP contribution in [0.15, 0.2) is 4.99 Å². The Bertz CT molecular complexity index is 207. The van der Waals surface area contributed by atoms with E-state index in [0.29, 0.717) is 18.0 Å². The lowest BCUT2D eigenvalue weighted by Crippen LogP contribution is -2.43. The van der Waals surface area contributed by atoms with Gasteiger partial charge >= 0.3 is 0 Å². The monoisotopic (exact) mass is 212 g/mol. The molecule has 4 heteroatoms. The van der Waals surface area contributed by atoms with Crippen molar-refractivity contribution in [1.29, 1.82) is 0 Å². The Morgan fingerprint density at radius 3 is 2.60 bits per heavy atom. The van der Waals surface area contributed by atoms with E-state index < -0.39 is 0 Å². The third-order valence-electron chi connectivity index (χ3n) is 2.68. The molecule has 1 fully saturated rings. The van der Waals surface area contributed by atoms with Gasteiger partial charge in [0.1, 0.15) is 0 Å². The Labute approximate surface area is 92.9 Å². The average Bonchev–Trinajstić information content (AvgIpc) is 2.53. The van der Waals surface area contributed by atoms with E-state index in [-0.39, 0.29) is 0 Å². The highest BCUT2D eigenvalue weighted by Gasteiger charge is 2.14. The fraction of sp³-hybridized carbons (Fsp3) is 0.909. The van der Waals surface area contributed by atoms with Gasteiger partial charge in [-0.15, -0.1) is 0 Å². The Kier molecular flexibility index (Phi) is 4.88. The molecule has 3 N–H and O–H groups in total. The summed E-state index contributed by atoms with van der Waals surface area (Å²) in [5, 5.41) is 3.22. The number of nitrogens with two attached hydrogens (primary N) is 1. The average molecular weight is 212 g/mol. The summed E-state index contributed by atoms with van der Waals surface area (Å²) in [6, 6.07) is 0.814. The molecule has 1 aliphatic rings. The standard InChI is InChI=1S/C11H24N4/c1-9(8-15(2)3)13-11(12)14-10-6-4-5-7-10/h9-10H,4-8H2,1-3H3,(H3,12,13,14). The Hall–Kier alpha value is -0.770. The molecule has 0 spiro atoms. The fourth-order valence-corrected chi connectivity index (χ4v) is 2.11. The lowest BCUT2D eigenvalue weighted by Gasteiger charge is -2.19. The Morgan fingerprint density at radius 1 is 1.47 bits per heavy atom. The highest BCUT2D eigenvalue weighted by Crippen LogP contribution is 2.20. The van der Waals surface area contributed by atoms with Gasteiger partial charge in [-0.25, -0.2) is 0 Å². The normalized spacial score (nSPS) is 20.9. The summed E-state index contributed by atoms with van der Waals surface area (Å²) < 4.78 is 0. The van der Waals surface area contributed by atoms with Crippen molar-refractivity contribution in [3.8, 4) is 0 Å². The van der Waals surface area contributed by atoms with Gasteiger partial charge in [-0.05, 0) is 33.9 Å². The molecule has 0 aromatic rings. The third kappa shape index (κ3) is 5.02. The first-order valence-corrected chi connectivity index (χ1v) is 5.82. The Morgan fingerprint density at radius 2 is 2.07 bits per heavy atom. The number of rotatable bonds is 4. The molecule has 1 rings (SSSR count). The molecule has 1 aliphatic carbocycles. The van der Waals surface area contributed by atoms with Crippen LogP contribution in [0.1, 0.15) is 32.6 Å². The second kappa shape index (κ2) is 5.95. The van der Waals surface area contributed by atoms with Crippen LogP contribution in [-0.2, 0) is 0 Å². The van der Waals surface area contributed by atoms with Crippen LogP contribution in [0.3, 0.4) is 0 Å². The molecule has 0 aromatic carbocycles. The van der Waals surface area contributed by atoms with E-state index in [4.69, 9.17) is 5.73 Å². The first-order valence-electron chi connectivity index (χ1n) is 5.82. The number of likely N-dealkylation sites (N-methyl/N-ethyl adjacent to an activating group) is 1. The fourth-order valence-electron chi connectivity index (χ4n) is 2.11. The summed E-state index contributed by atoms with van der Waals surface area (Å²) in [5.74, 6) is 0.608. The summed E-state index contributed by atoms with van der Waals surface area (Å²) in [6.07, 6.45) is 5.00. The number of hydrogen-bond donors (Lipinski definition) is 2. The van der Waals surface area contributed by atoms with Crippen LogP contribution < -0.4 is 11.1 Å². The highest BCUT2D eigenvalue weighted by molar-refractivity contribution is 5.78. The van der Waals surface area contributed by atoms with Crippen LogP contribution in [0.25, 0.3) is 0 Å². The molecule has 0 aromatic heterocycles. The number of nitrogens with one attached hydrogen (secondary N) is 1.